The van der Waals surface area contributed by atoms with E-state index in [1.165, 1.54) is 24.8 Å². The number of halogens is 1. The smallest absolute Gasteiger partial charge is 0.311 e. The van der Waals surface area contributed by atoms with Gasteiger partial charge in [0.25, 0.3) is 0 Å². The molecule has 0 amide bonds. The van der Waals surface area contributed by atoms with Crippen LogP contribution in [0.25, 0.3) is 6.08 Å². The summed E-state index contributed by atoms with van der Waals surface area (Å²) in [5.74, 6) is 0.238. The van der Waals surface area contributed by atoms with Crippen LogP contribution in [0.4, 0.5) is 5.69 Å². The molecule has 14 heavy (non-hydrogen) atoms. The molecule has 0 saturated heterocycles. The van der Waals surface area contributed by atoms with Gasteiger partial charge < -0.3 is 4.74 Å². The van der Waals surface area contributed by atoms with E-state index < -0.39 is 4.92 Å². The van der Waals surface area contributed by atoms with Crippen LogP contribution in [0, 0.1) is 10.1 Å². The van der Waals surface area contributed by atoms with Gasteiger partial charge in [0.1, 0.15) is 0 Å². The van der Waals surface area contributed by atoms with E-state index in [4.69, 9.17) is 16.3 Å². The second-order valence-electron chi connectivity index (χ2n) is 2.48. The Morgan fingerprint density at radius 1 is 1.57 bits per heavy atom. The minimum Gasteiger partial charge on any atom is -0.490 e. The molecule has 0 atom stereocenters. The average Bonchev–Trinajstić information content (AvgIpc) is 2.18. The molecule has 0 fully saturated rings. The van der Waals surface area contributed by atoms with Gasteiger partial charge in [-0.25, -0.2) is 0 Å². The number of benzene rings is 1. The number of hydrogen-bond donors (Lipinski definition) is 0. The van der Waals surface area contributed by atoms with Gasteiger partial charge in [-0.15, -0.1) is 0 Å². The van der Waals surface area contributed by atoms with E-state index >= 15 is 0 Å². The van der Waals surface area contributed by atoms with Gasteiger partial charge >= 0.3 is 5.69 Å². The number of nitro groups is 1. The lowest BCUT2D eigenvalue weighted by atomic mass is 10.2. The van der Waals surface area contributed by atoms with Crippen molar-refractivity contribution in [3.8, 4) is 5.75 Å². The monoisotopic (exact) mass is 213 g/mol. The van der Waals surface area contributed by atoms with Crippen molar-refractivity contribution in [2.24, 2.45) is 0 Å². The maximum atomic E-state index is 10.6. The molecule has 4 nitrogen and oxygen atoms in total. The molecule has 1 aromatic rings. The summed E-state index contributed by atoms with van der Waals surface area (Å²) < 4.78 is 4.84. The van der Waals surface area contributed by atoms with Crippen LogP contribution < -0.4 is 4.74 Å². The summed E-state index contributed by atoms with van der Waals surface area (Å²) in [5.41, 5.74) is 1.89. The third-order valence-corrected chi connectivity index (χ3v) is 1.78. The molecule has 1 aromatic carbocycles. The second kappa shape index (κ2) is 4.62. The number of nitro benzene ring substituents is 1. The SMILES string of the molecule is COc1ccc(C=CCl)cc1[N+](=O)[O-]. The number of hydrogen-bond acceptors (Lipinski definition) is 3. The van der Waals surface area contributed by atoms with Crippen LogP contribution in [-0.4, -0.2) is 12.0 Å². The molecule has 0 unspecified atom stereocenters. The predicted molar refractivity (Wildman–Crippen MR) is 54.5 cm³/mol. The van der Waals surface area contributed by atoms with Gasteiger partial charge in [-0.3, -0.25) is 10.1 Å². The van der Waals surface area contributed by atoms with Crippen molar-refractivity contribution in [2.45, 2.75) is 0 Å². The fourth-order valence-electron chi connectivity index (χ4n) is 1.03. The van der Waals surface area contributed by atoms with E-state index in [-0.39, 0.29) is 11.4 Å². The first-order chi connectivity index (χ1) is 6.69. The molecule has 0 aromatic heterocycles. The first-order valence-electron chi connectivity index (χ1n) is 3.78. The van der Waals surface area contributed by atoms with E-state index in [0.717, 1.165) is 0 Å². The predicted octanol–water partition coefficient (Wildman–Crippen LogP) is 2.81. The van der Waals surface area contributed by atoms with Gasteiger partial charge in [-0.2, -0.15) is 0 Å². The van der Waals surface area contributed by atoms with Crippen molar-refractivity contribution >= 4 is 23.4 Å². The average molecular weight is 214 g/mol. The van der Waals surface area contributed by atoms with E-state index in [0.29, 0.717) is 5.56 Å². The minimum atomic E-state index is -0.496. The number of ether oxygens (including phenoxy) is 1. The van der Waals surface area contributed by atoms with E-state index in [1.807, 2.05) is 0 Å². The van der Waals surface area contributed by atoms with E-state index in [1.54, 1.807) is 12.1 Å². The molecule has 0 aliphatic rings. The Hall–Kier alpha value is -1.55. The van der Waals surface area contributed by atoms with Crippen LogP contribution in [0.15, 0.2) is 23.7 Å². The molecule has 0 heterocycles. The quantitative estimate of drug-likeness (QED) is 0.573. The summed E-state index contributed by atoms with van der Waals surface area (Å²) in [6.07, 6.45) is 1.56. The Kier molecular flexibility index (Phi) is 3.48. The summed E-state index contributed by atoms with van der Waals surface area (Å²) >= 11 is 5.36. The molecule has 0 spiro atoms. The summed E-state index contributed by atoms with van der Waals surface area (Å²) in [6, 6.07) is 4.62. The number of methoxy groups -OCH3 is 1. The molecule has 0 radical (unpaired) electrons. The highest BCUT2D eigenvalue weighted by Gasteiger charge is 2.13. The third-order valence-electron chi connectivity index (χ3n) is 1.66. The molecule has 0 bridgehead atoms. The fourth-order valence-corrected chi connectivity index (χ4v) is 1.17. The van der Waals surface area contributed by atoms with Gasteiger partial charge in [0, 0.05) is 11.6 Å². The van der Waals surface area contributed by atoms with Crippen LogP contribution in [0.3, 0.4) is 0 Å². The molecule has 0 saturated carbocycles. The van der Waals surface area contributed by atoms with Gasteiger partial charge in [0.15, 0.2) is 5.75 Å². The first kappa shape index (κ1) is 10.5. The van der Waals surface area contributed by atoms with E-state index in [9.17, 15) is 10.1 Å². The van der Waals surface area contributed by atoms with Crippen LogP contribution in [0.1, 0.15) is 5.56 Å². The van der Waals surface area contributed by atoms with Crippen molar-refractivity contribution < 1.29 is 9.66 Å². The molecule has 1 rings (SSSR count). The lowest BCUT2D eigenvalue weighted by Crippen LogP contribution is -1.93. The summed E-state index contributed by atoms with van der Waals surface area (Å²) in [5, 5.41) is 10.6. The lowest BCUT2D eigenvalue weighted by molar-refractivity contribution is -0.385. The normalized spacial score (nSPS) is 10.4. The zero-order chi connectivity index (χ0) is 10.6. The minimum absolute atomic E-state index is 0.0697. The second-order valence-corrected chi connectivity index (χ2v) is 2.73. The summed E-state index contributed by atoms with van der Waals surface area (Å²) in [7, 11) is 1.39. The number of nitrogens with zero attached hydrogens (tertiary/aromatic N) is 1. The Balaban J connectivity index is 3.20. The van der Waals surface area contributed by atoms with Crippen LogP contribution >= 0.6 is 11.6 Å². The highest BCUT2D eigenvalue weighted by atomic mass is 35.5. The maximum absolute atomic E-state index is 10.6. The Labute approximate surface area is 85.9 Å². The molecule has 0 aliphatic carbocycles. The largest absolute Gasteiger partial charge is 0.490 e. The van der Waals surface area contributed by atoms with Crippen molar-refractivity contribution in [1.82, 2.24) is 0 Å². The van der Waals surface area contributed by atoms with Crippen molar-refractivity contribution in [1.29, 1.82) is 0 Å². The lowest BCUT2D eigenvalue weighted by Gasteiger charge is -2.01. The Morgan fingerprint density at radius 3 is 2.79 bits per heavy atom. The van der Waals surface area contributed by atoms with Crippen LogP contribution in [0.5, 0.6) is 5.75 Å². The van der Waals surface area contributed by atoms with Crippen molar-refractivity contribution in [2.75, 3.05) is 7.11 Å². The summed E-state index contributed by atoms with van der Waals surface area (Å²) in [4.78, 5) is 10.1. The summed E-state index contributed by atoms with van der Waals surface area (Å²) in [6.45, 7) is 0. The van der Waals surface area contributed by atoms with E-state index in [2.05, 4.69) is 0 Å². The molecule has 0 N–H and O–H groups in total. The zero-order valence-electron chi connectivity index (χ0n) is 7.44. The van der Waals surface area contributed by atoms with Gasteiger partial charge in [0.2, 0.25) is 0 Å². The molecular formula is C9H8ClNO3. The Morgan fingerprint density at radius 2 is 2.29 bits per heavy atom. The molecule has 0 aliphatic heterocycles. The highest BCUT2D eigenvalue weighted by molar-refractivity contribution is 6.27. The fraction of sp³-hybridized carbons (Fsp3) is 0.111. The molecule has 5 heteroatoms. The zero-order valence-corrected chi connectivity index (χ0v) is 8.19. The van der Waals surface area contributed by atoms with Gasteiger partial charge in [-0.1, -0.05) is 17.7 Å². The first-order valence-corrected chi connectivity index (χ1v) is 4.22. The third kappa shape index (κ3) is 2.23. The topological polar surface area (TPSA) is 52.4 Å². The molecular weight excluding hydrogens is 206 g/mol. The van der Waals surface area contributed by atoms with Crippen LogP contribution in [-0.2, 0) is 0 Å². The maximum Gasteiger partial charge on any atom is 0.311 e. The van der Waals surface area contributed by atoms with Crippen molar-refractivity contribution in [3.63, 3.8) is 0 Å². The molecule has 74 valence electrons. The van der Waals surface area contributed by atoms with Crippen LogP contribution in [0.2, 0.25) is 0 Å². The van der Waals surface area contributed by atoms with Gasteiger partial charge in [0.05, 0.1) is 12.0 Å². The Bertz CT molecular complexity index is 376. The highest BCUT2D eigenvalue weighted by Crippen LogP contribution is 2.27. The number of rotatable bonds is 3. The standard InChI is InChI=1S/C9H8ClNO3/c1-14-9-3-2-7(4-5-10)6-8(9)11(12)13/h2-6H,1H3. The van der Waals surface area contributed by atoms with Crippen molar-refractivity contribution in [3.05, 3.63) is 39.4 Å². The van der Waals surface area contributed by atoms with Gasteiger partial charge in [-0.05, 0) is 17.7 Å².